The van der Waals surface area contributed by atoms with Gasteiger partial charge >= 0.3 is 0 Å². The molecule has 0 atom stereocenters. The monoisotopic (exact) mass is 421 g/mol. The van der Waals surface area contributed by atoms with Crippen LogP contribution in [0.3, 0.4) is 0 Å². The number of nitro benzene ring substituents is 1. The van der Waals surface area contributed by atoms with Gasteiger partial charge in [-0.1, -0.05) is 29.3 Å². The van der Waals surface area contributed by atoms with Crippen molar-refractivity contribution in [3.63, 3.8) is 0 Å². The van der Waals surface area contributed by atoms with Gasteiger partial charge in [-0.3, -0.25) is 14.8 Å². The summed E-state index contributed by atoms with van der Waals surface area (Å²) in [4.78, 5) is 10.2. The minimum absolute atomic E-state index is 0.0143. The summed E-state index contributed by atoms with van der Waals surface area (Å²) >= 11 is 17.2. The minimum Gasteiger partial charge on any atom is -0.332 e. The van der Waals surface area contributed by atoms with Gasteiger partial charge in [-0.05, 0) is 42.0 Å². The lowest BCUT2D eigenvalue weighted by Gasteiger charge is -2.08. The van der Waals surface area contributed by atoms with Gasteiger partial charge in [0.2, 0.25) is 0 Å². The Morgan fingerprint density at radius 1 is 1.11 bits per heavy atom. The molecule has 0 saturated carbocycles. The summed E-state index contributed by atoms with van der Waals surface area (Å²) in [6.45, 7) is 0.529. The summed E-state index contributed by atoms with van der Waals surface area (Å²) in [5.74, 6) is 0.564. The Kier molecular flexibility index (Phi) is 5.90. The zero-order chi connectivity index (χ0) is 19.4. The molecule has 0 radical (unpaired) electrons. The van der Waals surface area contributed by atoms with Gasteiger partial charge < -0.3 is 10.6 Å². The third-order valence-corrected chi connectivity index (χ3v) is 4.49. The molecule has 10 heteroatoms. The molecule has 0 aliphatic rings. The third-order valence-electron chi connectivity index (χ3n) is 3.55. The molecule has 138 valence electrons. The fourth-order valence-corrected chi connectivity index (χ4v) is 2.83. The summed E-state index contributed by atoms with van der Waals surface area (Å²) in [5, 5.41) is 22.3. The van der Waals surface area contributed by atoms with Crippen LogP contribution in [0.1, 0.15) is 5.56 Å². The zero-order valence-corrected chi connectivity index (χ0v) is 16.1. The summed E-state index contributed by atoms with van der Waals surface area (Å²) in [7, 11) is 0. The molecule has 0 amide bonds. The van der Waals surface area contributed by atoms with Gasteiger partial charge in [0.25, 0.3) is 5.69 Å². The Labute approximate surface area is 170 Å². The predicted octanol–water partition coefficient (Wildman–Crippen LogP) is 4.96. The summed E-state index contributed by atoms with van der Waals surface area (Å²) in [6.07, 6.45) is 1.80. The van der Waals surface area contributed by atoms with E-state index in [-0.39, 0.29) is 5.69 Å². The molecule has 0 spiro atoms. The first kappa shape index (κ1) is 19.1. The summed E-state index contributed by atoms with van der Waals surface area (Å²) < 4.78 is 1.73. The van der Waals surface area contributed by atoms with Gasteiger partial charge in [0.15, 0.2) is 10.9 Å². The van der Waals surface area contributed by atoms with E-state index in [1.807, 2.05) is 6.07 Å². The molecule has 7 nitrogen and oxygen atoms in total. The van der Waals surface area contributed by atoms with Gasteiger partial charge in [0.05, 0.1) is 21.5 Å². The van der Waals surface area contributed by atoms with Crippen LogP contribution in [0.2, 0.25) is 10.0 Å². The number of anilines is 2. The SMILES string of the molecule is O=[N+]([O-])c1ccc(NC(=S)Nc2ccn(Cc3ccc(Cl)c(Cl)c3)n2)cc1. The molecular weight excluding hydrogens is 409 g/mol. The van der Waals surface area contributed by atoms with Crippen molar-refractivity contribution < 1.29 is 4.92 Å². The standard InChI is InChI=1S/C17H13Cl2N5O2S/c18-14-6-1-11(9-15(14)19)10-23-8-7-16(22-23)21-17(27)20-12-2-4-13(5-3-12)24(25)26/h1-9H,10H2,(H2,20,21,22,27). The molecule has 0 unspecified atom stereocenters. The van der Waals surface area contributed by atoms with Gasteiger partial charge in [-0.15, -0.1) is 0 Å². The first-order chi connectivity index (χ1) is 12.9. The van der Waals surface area contributed by atoms with Crippen molar-refractivity contribution in [2.24, 2.45) is 0 Å². The van der Waals surface area contributed by atoms with Crippen LogP contribution >= 0.6 is 35.4 Å². The number of thiocarbonyl (C=S) groups is 1. The van der Waals surface area contributed by atoms with Crippen LogP contribution < -0.4 is 10.6 Å². The molecule has 3 aromatic rings. The van der Waals surface area contributed by atoms with Crippen molar-refractivity contribution in [3.8, 4) is 0 Å². The number of nitrogens with one attached hydrogen (secondary N) is 2. The van der Waals surface area contributed by atoms with Gasteiger partial charge in [-0.2, -0.15) is 5.10 Å². The first-order valence-electron chi connectivity index (χ1n) is 7.70. The number of hydrogen-bond acceptors (Lipinski definition) is 4. The molecular formula is C17H13Cl2N5O2S. The molecule has 2 aromatic carbocycles. The lowest BCUT2D eigenvalue weighted by atomic mass is 10.2. The number of hydrogen-bond donors (Lipinski definition) is 2. The lowest BCUT2D eigenvalue weighted by Crippen LogP contribution is -2.19. The van der Waals surface area contributed by atoms with E-state index in [4.69, 9.17) is 35.4 Å². The minimum atomic E-state index is -0.457. The molecule has 0 aliphatic heterocycles. The second kappa shape index (κ2) is 8.34. The summed E-state index contributed by atoms with van der Waals surface area (Å²) in [5.41, 5.74) is 1.61. The Bertz CT molecular complexity index is 991. The topological polar surface area (TPSA) is 85.0 Å². The Balaban J connectivity index is 1.58. The normalized spacial score (nSPS) is 10.4. The lowest BCUT2D eigenvalue weighted by molar-refractivity contribution is -0.384. The number of aromatic nitrogens is 2. The van der Waals surface area contributed by atoms with E-state index in [2.05, 4.69) is 15.7 Å². The van der Waals surface area contributed by atoms with E-state index in [0.717, 1.165) is 5.56 Å². The maximum Gasteiger partial charge on any atom is 0.269 e. The van der Waals surface area contributed by atoms with Crippen molar-refractivity contribution in [1.29, 1.82) is 0 Å². The van der Waals surface area contributed by atoms with Crippen LogP contribution in [-0.4, -0.2) is 19.8 Å². The molecule has 2 N–H and O–H groups in total. The predicted molar refractivity (Wildman–Crippen MR) is 111 cm³/mol. The number of halogens is 2. The molecule has 3 rings (SSSR count). The zero-order valence-electron chi connectivity index (χ0n) is 13.7. The van der Waals surface area contributed by atoms with Crippen molar-refractivity contribution in [2.45, 2.75) is 6.54 Å². The van der Waals surface area contributed by atoms with Crippen molar-refractivity contribution in [3.05, 3.63) is 80.5 Å². The second-order valence-electron chi connectivity index (χ2n) is 5.53. The molecule has 0 bridgehead atoms. The highest BCUT2D eigenvalue weighted by molar-refractivity contribution is 7.80. The van der Waals surface area contributed by atoms with E-state index in [0.29, 0.717) is 33.2 Å². The van der Waals surface area contributed by atoms with Crippen molar-refractivity contribution >= 4 is 57.7 Å². The van der Waals surface area contributed by atoms with Crippen LogP contribution in [0.5, 0.6) is 0 Å². The molecule has 1 heterocycles. The van der Waals surface area contributed by atoms with Crippen LogP contribution in [0.25, 0.3) is 0 Å². The molecule has 1 aromatic heterocycles. The van der Waals surface area contributed by atoms with Gasteiger partial charge in [-0.25, -0.2) is 0 Å². The Hall–Kier alpha value is -2.68. The maximum atomic E-state index is 10.7. The highest BCUT2D eigenvalue weighted by Gasteiger charge is 2.07. The Morgan fingerprint density at radius 3 is 2.52 bits per heavy atom. The molecule has 27 heavy (non-hydrogen) atoms. The number of non-ortho nitro benzene ring substituents is 1. The third kappa shape index (κ3) is 5.16. The van der Waals surface area contributed by atoms with Gasteiger partial charge in [0, 0.05) is 30.1 Å². The number of benzene rings is 2. The second-order valence-corrected chi connectivity index (χ2v) is 6.75. The fraction of sp³-hybridized carbons (Fsp3) is 0.0588. The average Bonchev–Trinajstić information content (AvgIpc) is 3.05. The van der Waals surface area contributed by atoms with E-state index < -0.39 is 4.92 Å². The van der Waals surface area contributed by atoms with Crippen LogP contribution in [-0.2, 0) is 6.54 Å². The molecule has 0 fully saturated rings. The van der Waals surface area contributed by atoms with E-state index >= 15 is 0 Å². The average molecular weight is 422 g/mol. The largest absolute Gasteiger partial charge is 0.332 e. The smallest absolute Gasteiger partial charge is 0.269 e. The highest BCUT2D eigenvalue weighted by Crippen LogP contribution is 2.23. The Morgan fingerprint density at radius 2 is 1.85 bits per heavy atom. The van der Waals surface area contributed by atoms with Crippen molar-refractivity contribution in [2.75, 3.05) is 10.6 Å². The summed E-state index contributed by atoms with van der Waals surface area (Å²) in [6, 6.07) is 13.1. The van der Waals surface area contributed by atoms with Gasteiger partial charge in [0.1, 0.15) is 0 Å². The highest BCUT2D eigenvalue weighted by atomic mass is 35.5. The number of nitrogens with zero attached hydrogens (tertiary/aromatic N) is 3. The quantitative estimate of drug-likeness (QED) is 0.344. The molecule has 0 saturated heterocycles. The van der Waals surface area contributed by atoms with Crippen molar-refractivity contribution in [1.82, 2.24) is 9.78 Å². The fourth-order valence-electron chi connectivity index (χ4n) is 2.29. The van der Waals surface area contributed by atoms with E-state index in [1.165, 1.54) is 12.1 Å². The maximum absolute atomic E-state index is 10.7. The van der Waals surface area contributed by atoms with Crippen LogP contribution in [0.15, 0.2) is 54.7 Å². The number of nitro groups is 1. The van der Waals surface area contributed by atoms with Crippen LogP contribution in [0, 0.1) is 10.1 Å². The number of rotatable bonds is 5. The van der Waals surface area contributed by atoms with E-state index in [1.54, 1.807) is 41.2 Å². The molecule has 0 aliphatic carbocycles. The first-order valence-corrected chi connectivity index (χ1v) is 8.87. The van der Waals surface area contributed by atoms with Crippen LogP contribution in [0.4, 0.5) is 17.2 Å². The van der Waals surface area contributed by atoms with E-state index in [9.17, 15) is 10.1 Å².